The summed E-state index contributed by atoms with van der Waals surface area (Å²) in [5.74, 6) is 0. The van der Waals surface area contributed by atoms with Crippen molar-refractivity contribution in [3.8, 4) is 0 Å². The van der Waals surface area contributed by atoms with Gasteiger partial charge in [0.1, 0.15) is 0 Å². The molecule has 0 fully saturated rings. The van der Waals surface area contributed by atoms with Crippen LogP contribution in [-0.2, 0) is 0 Å². The fraction of sp³-hybridized carbons (Fsp3) is 0. The van der Waals surface area contributed by atoms with Crippen LogP contribution in [0.15, 0.2) is 0 Å². The normalized spacial score (nSPS) is 2.00. The standard InChI is InChI=1S/Ca.NO3.7H2O/c;2-1(3)4;;;;;;;/h;;7*1H2/q+2;-1;;;;;;;. The van der Waals surface area contributed by atoms with Gasteiger partial charge in [-0.25, -0.2) is 0 Å². The minimum atomic E-state index is -1.75. The van der Waals surface area contributed by atoms with Gasteiger partial charge in [0.2, 0.25) is 0 Å². The molecule has 0 aliphatic heterocycles. The Labute approximate surface area is 96.3 Å². The van der Waals surface area contributed by atoms with Crippen LogP contribution in [0.2, 0.25) is 0 Å². The maximum absolute atomic E-state index is 8.25. The minimum Gasteiger partial charge on any atom is -0.412 e. The molecule has 0 saturated carbocycles. The fourth-order valence-electron chi connectivity index (χ4n) is 0. The summed E-state index contributed by atoms with van der Waals surface area (Å²) in [6, 6.07) is 0. The van der Waals surface area contributed by atoms with E-state index < -0.39 is 5.09 Å². The van der Waals surface area contributed by atoms with Crippen LogP contribution in [0.4, 0.5) is 0 Å². The van der Waals surface area contributed by atoms with E-state index in [4.69, 9.17) is 15.3 Å². The average molecular weight is 228 g/mol. The molecule has 12 heteroatoms. The van der Waals surface area contributed by atoms with Crippen LogP contribution < -0.4 is 0 Å². The summed E-state index contributed by atoms with van der Waals surface area (Å²) in [5.41, 5.74) is 0. The van der Waals surface area contributed by atoms with E-state index in [1.807, 2.05) is 0 Å². The summed E-state index contributed by atoms with van der Waals surface area (Å²) < 4.78 is 0. The monoisotopic (exact) mass is 228 g/mol. The van der Waals surface area contributed by atoms with Crippen molar-refractivity contribution >= 4 is 37.7 Å². The molecule has 0 atom stereocenters. The van der Waals surface area contributed by atoms with Crippen LogP contribution in [-0.4, -0.2) is 81.2 Å². The molecular weight excluding hydrogens is 214 g/mol. The first-order valence-corrected chi connectivity index (χ1v) is 0.548. The van der Waals surface area contributed by atoms with Gasteiger partial charge in [0.15, 0.2) is 0 Å². The van der Waals surface area contributed by atoms with E-state index in [0.717, 1.165) is 0 Å². The molecule has 80 valence electrons. The summed E-state index contributed by atoms with van der Waals surface area (Å²) in [6.07, 6.45) is 0. The second kappa shape index (κ2) is 115. The minimum absolute atomic E-state index is 0. The van der Waals surface area contributed by atoms with Crippen molar-refractivity contribution in [2.45, 2.75) is 0 Å². The Hall–Kier alpha value is 0.180. The SMILES string of the molecule is O.O.O.O.O.O.O.O=[N+]([O-])[O-].[Ca+2]. The Morgan fingerprint density at radius 3 is 0.667 bits per heavy atom. The van der Waals surface area contributed by atoms with E-state index >= 15 is 0 Å². The van der Waals surface area contributed by atoms with Gasteiger partial charge in [0, 0.05) is 0 Å². The van der Waals surface area contributed by atoms with Crippen LogP contribution in [0, 0.1) is 15.3 Å². The van der Waals surface area contributed by atoms with Crippen molar-refractivity contribution in [3.05, 3.63) is 15.3 Å². The van der Waals surface area contributed by atoms with Crippen molar-refractivity contribution in [1.82, 2.24) is 0 Å². The van der Waals surface area contributed by atoms with Crippen LogP contribution in [0.3, 0.4) is 0 Å². The number of hydrogen-bond donors (Lipinski definition) is 0. The molecule has 0 heterocycles. The molecule has 0 aliphatic rings. The second-order valence-electron chi connectivity index (χ2n) is 0.224. The summed E-state index contributed by atoms with van der Waals surface area (Å²) in [4.78, 5) is 8.25. The molecule has 0 aliphatic carbocycles. The zero-order chi connectivity index (χ0) is 3.58. The summed E-state index contributed by atoms with van der Waals surface area (Å²) in [5, 5.41) is 14.8. The molecule has 0 bridgehead atoms. The maximum atomic E-state index is 8.25. The predicted octanol–water partition coefficient (Wildman–Crippen LogP) is -6.39. The summed E-state index contributed by atoms with van der Waals surface area (Å²) in [6.45, 7) is 0. The zero-order valence-corrected chi connectivity index (χ0v) is 8.09. The van der Waals surface area contributed by atoms with E-state index in [0.29, 0.717) is 0 Å². The molecule has 11 nitrogen and oxygen atoms in total. The molecule has 0 unspecified atom stereocenters. The smallest absolute Gasteiger partial charge is 0.412 e. The van der Waals surface area contributed by atoms with E-state index in [1.165, 1.54) is 0 Å². The van der Waals surface area contributed by atoms with Gasteiger partial charge in [0.25, 0.3) is 0 Å². The van der Waals surface area contributed by atoms with Gasteiger partial charge in [-0.05, 0) is 0 Å². The van der Waals surface area contributed by atoms with Gasteiger partial charge < -0.3 is 53.7 Å². The molecule has 0 spiro atoms. The van der Waals surface area contributed by atoms with E-state index in [9.17, 15) is 0 Å². The zero-order valence-electron chi connectivity index (χ0n) is 5.88. The number of hydrogen-bond acceptors (Lipinski definition) is 3. The molecule has 0 aromatic rings. The van der Waals surface area contributed by atoms with E-state index in [1.54, 1.807) is 0 Å². The van der Waals surface area contributed by atoms with Crippen LogP contribution in [0.1, 0.15) is 0 Å². The molecular formula is H14CaNO10+. The number of rotatable bonds is 0. The van der Waals surface area contributed by atoms with Crippen molar-refractivity contribution in [3.63, 3.8) is 0 Å². The third-order valence-corrected chi connectivity index (χ3v) is 0. The van der Waals surface area contributed by atoms with Crippen molar-refractivity contribution < 1.29 is 43.4 Å². The van der Waals surface area contributed by atoms with Gasteiger partial charge in [-0.2, -0.15) is 0 Å². The predicted molar refractivity (Wildman–Crippen MR) is 41.4 cm³/mol. The molecule has 12 heavy (non-hydrogen) atoms. The molecule has 0 rings (SSSR count). The molecule has 0 amide bonds. The van der Waals surface area contributed by atoms with Crippen molar-refractivity contribution in [2.24, 2.45) is 0 Å². The van der Waals surface area contributed by atoms with Gasteiger partial charge in [-0.15, -0.1) is 0 Å². The van der Waals surface area contributed by atoms with Gasteiger partial charge in [-0.1, -0.05) is 0 Å². The van der Waals surface area contributed by atoms with Gasteiger partial charge in [0.05, 0.1) is 5.09 Å². The Balaban J connectivity index is -0.00000000161. The number of nitrogens with zero attached hydrogens (tertiary/aromatic N) is 1. The molecule has 0 saturated heterocycles. The molecule has 0 aromatic heterocycles. The first-order valence-electron chi connectivity index (χ1n) is 0.548. The summed E-state index contributed by atoms with van der Waals surface area (Å²) in [7, 11) is 0. The Morgan fingerprint density at radius 1 is 0.667 bits per heavy atom. The fourth-order valence-corrected chi connectivity index (χ4v) is 0. The molecule has 14 N–H and O–H groups in total. The quantitative estimate of drug-likeness (QED) is 0.222. The van der Waals surface area contributed by atoms with Crippen molar-refractivity contribution in [1.29, 1.82) is 0 Å². The Bertz CT molecular complexity index is 32.8. The topological polar surface area (TPSA) is 287 Å². The van der Waals surface area contributed by atoms with E-state index in [-0.39, 0.29) is 76.1 Å². The van der Waals surface area contributed by atoms with Gasteiger partial charge in [-0.3, -0.25) is 0 Å². The first-order chi connectivity index (χ1) is 1.73. The third kappa shape index (κ3) is 26600. The van der Waals surface area contributed by atoms with Crippen molar-refractivity contribution in [2.75, 3.05) is 0 Å². The third-order valence-electron chi connectivity index (χ3n) is 0. The van der Waals surface area contributed by atoms with E-state index in [2.05, 4.69) is 0 Å². The largest absolute Gasteiger partial charge is 2.00 e. The first kappa shape index (κ1) is 151. The average Bonchev–Trinajstić information content (AvgIpc) is 0.811. The van der Waals surface area contributed by atoms with Crippen LogP contribution in [0.25, 0.3) is 0 Å². The maximum Gasteiger partial charge on any atom is 2.00 e. The van der Waals surface area contributed by atoms with Crippen LogP contribution in [0.5, 0.6) is 0 Å². The Kier molecular flexibility index (Phi) is 1440. The Morgan fingerprint density at radius 2 is 0.667 bits per heavy atom. The molecule has 0 radical (unpaired) electrons. The second-order valence-corrected chi connectivity index (χ2v) is 0.224. The van der Waals surface area contributed by atoms with Crippen LogP contribution >= 0.6 is 0 Å². The van der Waals surface area contributed by atoms with Gasteiger partial charge >= 0.3 is 37.7 Å². The molecule has 0 aromatic carbocycles. The summed E-state index contributed by atoms with van der Waals surface area (Å²) >= 11 is 0.